The lowest BCUT2D eigenvalue weighted by molar-refractivity contribution is 0.123. The molecule has 0 atom stereocenters. The maximum atomic E-state index is 7.54. The molecule has 0 aliphatic carbocycles. The summed E-state index contributed by atoms with van der Waals surface area (Å²) < 4.78 is 5.37. The van der Waals surface area contributed by atoms with E-state index in [0.29, 0.717) is 5.84 Å². The summed E-state index contributed by atoms with van der Waals surface area (Å²) in [4.78, 5) is 2.31. The molecule has 1 fully saturated rings. The third-order valence-corrected chi connectivity index (χ3v) is 2.83. The Kier molecular flexibility index (Phi) is 3.64. The van der Waals surface area contributed by atoms with Gasteiger partial charge < -0.3 is 15.0 Å². The van der Waals surface area contributed by atoms with Crippen molar-refractivity contribution >= 4 is 17.2 Å². The summed E-state index contributed by atoms with van der Waals surface area (Å²) in [6.07, 6.45) is 0. The van der Waals surface area contributed by atoms with E-state index >= 15 is 0 Å². The molecule has 1 heterocycles. The van der Waals surface area contributed by atoms with Crippen LogP contribution in [0.5, 0.6) is 0 Å². The highest BCUT2D eigenvalue weighted by molar-refractivity contribution is 5.94. The van der Waals surface area contributed by atoms with Crippen molar-refractivity contribution in [2.75, 3.05) is 36.5 Å². The number of nitrogens with one attached hydrogen (secondary N) is 2. The highest BCUT2D eigenvalue weighted by Gasteiger charge is 2.15. The van der Waals surface area contributed by atoms with E-state index < -0.39 is 0 Å². The standard InChI is InChI=1S/C13H19N3O/c1-10-3-4-12(15-11(2)14)13(9-10)16-5-7-17-8-6-16/h3-4,9H,5-8H2,1-2H3,(H2,14,15). The third kappa shape index (κ3) is 2.97. The molecule has 0 saturated carbocycles. The van der Waals surface area contributed by atoms with Gasteiger partial charge >= 0.3 is 0 Å². The largest absolute Gasteiger partial charge is 0.378 e. The maximum absolute atomic E-state index is 7.54. The number of amidine groups is 1. The fraction of sp³-hybridized carbons (Fsp3) is 0.462. The van der Waals surface area contributed by atoms with Crippen LogP contribution < -0.4 is 10.2 Å². The van der Waals surface area contributed by atoms with Crippen molar-refractivity contribution in [1.29, 1.82) is 5.41 Å². The quantitative estimate of drug-likeness (QED) is 0.608. The number of benzene rings is 1. The molecule has 0 radical (unpaired) electrons. The lowest BCUT2D eigenvalue weighted by Gasteiger charge is -2.31. The molecule has 92 valence electrons. The number of nitrogens with zero attached hydrogens (tertiary/aromatic N) is 1. The van der Waals surface area contributed by atoms with Gasteiger partial charge in [-0.15, -0.1) is 0 Å². The summed E-state index contributed by atoms with van der Waals surface area (Å²) in [5.41, 5.74) is 3.41. The average molecular weight is 233 g/mol. The van der Waals surface area contributed by atoms with Gasteiger partial charge in [0.2, 0.25) is 0 Å². The molecule has 4 heteroatoms. The van der Waals surface area contributed by atoms with Crippen LogP contribution in [0.1, 0.15) is 12.5 Å². The van der Waals surface area contributed by atoms with Crippen molar-refractivity contribution in [3.63, 3.8) is 0 Å². The topological polar surface area (TPSA) is 48.4 Å². The molecule has 1 saturated heterocycles. The van der Waals surface area contributed by atoms with Gasteiger partial charge in [-0.3, -0.25) is 5.41 Å². The zero-order valence-electron chi connectivity index (χ0n) is 10.4. The first-order valence-electron chi connectivity index (χ1n) is 5.92. The summed E-state index contributed by atoms with van der Waals surface area (Å²) in [5.74, 6) is 0.461. The van der Waals surface area contributed by atoms with Gasteiger partial charge in [0.1, 0.15) is 0 Å². The van der Waals surface area contributed by atoms with E-state index in [4.69, 9.17) is 10.1 Å². The first kappa shape index (κ1) is 11.9. The molecule has 2 N–H and O–H groups in total. The number of rotatable bonds is 2. The van der Waals surface area contributed by atoms with Gasteiger partial charge in [-0.1, -0.05) is 6.07 Å². The Labute approximate surface area is 102 Å². The van der Waals surface area contributed by atoms with Crippen LogP contribution in [-0.2, 0) is 4.74 Å². The van der Waals surface area contributed by atoms with Crippen LogP contribution >= 0.6 is 0 Å². The van der Waals surface area contributed by atoms with Crippen LogP contribution in [0.15, 0.2) is 18.2 Å². The number of hydrogen-bond acceptors (Lipinski definition) is 3. The molecule has 4 nitrogen and oxygen atoms in total. The smallest absolute Gasteiger partial charge is 0.0944 e. The van der Waals surface area contributed by atoms with Crippen LogP contribution in [0, 0.1) is 12.3 Å². The summed E-state index contributed by atoms with van der Waals surface area (Å²) in [7, 11) is 0. The minimum absolute atomic E-state index is 0.461. The molecule has 0 unspecified atom stereocenters. The molecule has 0 spiro atoms. The Balaban J connectivity index is 2.28. The van der Waals surface area contributed by atoms with Crippen molar-refractivity contribution in [2.24, 2.45) is 0 Å². The van der Waals surface area contributed by atoms with Crippen molar-refractivity contribution in [3.05, 3.63) is 23.8 Å². The number of morpholine rings is 1. The van der Waals surface area contributed by atoms with Crippen LogP contribution in [0.3, 0.4) is 0 Å². The second-order valence-electron chi connectivity index (χ2n) is 4.37. The second kappa shape index (κ2) is 5.19. The first-order valence-corrected chi connectivity index (χ1v) is 5.92. The highest BCUT2D eigenvalue weighted by atomic mass is 16.5. The fourth-order valence-electron chi connectivity index (χ4n) is 2.02. The number of aryl methyl sites for hydroxylation is 1. The molecule has 1 aliphatic heterocycles. The number of ether oxygens (including phenoxy) is 1. The summed E-state index contributed by atoms with van der Waals surface area (Å²) in [6.45, 7) is 7.21. The number of hydrogen-bond donors (Lipinski definition) is 2. The fourth-order valence-corrected chi connectivity index (χ4v) is 2.02. The summed E-state index contributed by atoms with van der Waals surface area (Å²) >= 11 is 0. The minimum Gasteiger partial charge on any atom is -0.378 e. The van der Waals surface area contributed by atoms with Crippen LogP contribution in [-0.4, -0.2) is 32.1 Å². The van der Waals surface area contributed by atoms with E-state index in [-0.39, 0.29) is 0 Å². The highest BCUT2D eigenvalue weighted by Crippen LogP contribution is 2.27. The molecule has 0 bridgehead atoms. The average Bonchev–Trinajstić information content (AvgIpc) is 2.32. The molecule has 0 amide bonds. The van der Waals surface area contributed by atoms with E-state index in [0.717, 1.165) is 32.0 Å². The van der Waals surface area contributed by atoms with Gasteiger partial charge in [0, 0.05) is 13.1 Å². The predicted octanol–water partition coefficient (Wildman–Crippen LogP) is 2.24. The minimum atomic E-state index is 0.461. The van der Waals surface area contributed by atoms with Gasteiger partial charge in [0.05, 0.1) is 30.4 Å². The molecule has 1 aromatic carbocycles. The Morgan fingerprint density at radius 1 is 1.35 bits per heavy atom. The maximum Gasteiger partial charge on any atom is 0.0944 e. The van der Waals surface area contributed by atoms with E-state index in [2.05, 4.69) is 29.3 Å². The van der Waals surface area contributed by atoms with Gasteiger partial charge in [-0.05, 0) is 31.5 Å². The Morgan fingerprint density at radius 2 is 2.06 bits per heavy atom. The van der Waals surface area contributed by atoms with Gasteiger partial charge in [-0.2, -0.15) is 0 Å². The summed E-state index contributed by atoms with van der Waals surface area (Å²) in [5, 5.41) is 10.6. The van der Waals surface area contributed by atoms with Gasteiger partial charge in [0.15, 0.2) is 0 Å². The monoisotopic (exact) mass is 233 g/mol. The predicted molar refractivity (Wildman–Crippen MR) is 71.2 cm³/mol. The third-order valence-electron chi connectivity index (χ3n) is 2.83. The summed E-state index contributed by atoms with van der Waals surface area (Å²) in [6, 6.07) is 6.27. The van der Waals surface area contributed by atoms with E-state index in [1.807, 2.05) is 6.07 Å². The molecule has 17 heavy (non-hydrogen) atoms. The van der Waals surface area contributed by atoms with E-state index in [9.17, 15) is 0 Å². The lowest BCUT2D eigenvalue weighted by Crippen LogP contribution is -2.36. The van der Waals surface area contributed by atoms with Crippen molar-refractivity contribution < 1.29 is 4.74 Å². The first-order chi connectivity index (χ1) is 8.16. The number of anilines is 2. The molecule has 0 aromatic heterocycles. The van der Waals surface area contributed by atoms with Gasteiger partial charge in [0.25, 0.3) is 0 Å². The zero-order valence-corrected chi connectivity index (χ0v) is 10.4. The van der Waals surface area contributed by atoms with Crippen LogP contribution in [0.4, 0.5) is 11.4 Å². The molecular formula is C13H19N3O. The van der Waals surface area contributed by atoms with Crippen molar-refractivity contribution in [2.45, 2.75) is 13.8 Å². The second-order valence-corrected chi connectivity index (χ2v) is 4.37. The normalized spacial score (nSPS) is 15.8. The zero-order chi connectivity index (χ0) is 12.3. The van der Waals surface area contributed by atoms with Crippen molar-refractivity contribution in [3.8, 4) is 0 Å². The van der Waals surface area contributed by atoms with Gasteiger partial charge in [-0.25, -0.2) is 0 Å². The lowest BCUT2D eigenvalue weighted by atomic mass is 10.1. The Hall–Kier alpha value is -1.55. The molecule has 1 aromatic rings. The molecular weight excluding hydrogens is 214 g/mol. The Morgan fingerprint density at radius 3 is 2.71 bits per heavy atom. The molecule has 1 aliphatic rings. The van der Waals surface area contributed by atoms with E-state index in [1.165, 1.54) is 11.3 Å². The Bertz CT molecular complexity index is 411. The van der Waals surface area contributed by atoms with Crippen molar-refractivity contribution in [1.82, 2.24) is 0 Å². The van der Waals surface area contributed by atoms with Crippen LogP contribution in [0.25, 0.3) is 0 Å². The molecule has 2 rings (SSSR count). The SMILES string of the molecule is CC(=N)Nc1ccc(C)cc1N1CCOCC1. The van der Waals surface area contributed by atoms with Crippen LogP contribution in [0.2, 0.25) is 0 Å². The van der Waals surface area contributed by atoms with E-state index in [1.54, 1.807) is 6.92 Å².